The first kappa shape index (κ1) is 29.7. The normalized spacial score (nSPS) is 13.9. The van der Waals surface area contributed by atoms with Gasteiger partial charge in [0, 0.05) is 62.2 Å². The number of carbonyl (C=O) groups is 2. The van der Waals surface area contributed by atoms with Crippen LogP contribution in [0, 0.1) is 0 Å². The molecule has 2 amide bonds. The standard InChI is InChI=1S/C26H31Cl4N3O4/c27-19-5-7-23(21(29)17-19)36-15-1-3-25(34)31-9-10-32-11-13-33(14-12-32)26(35)4-2-16-37-24-8-6-20(28)18-22(24)30/h5-8,17-18H,1-4,9-16H2,(H,31,34). The molecular weight excluding hydrogens is 560 g/mol. The zero-order valence-electron chi connectivity index (χ0n) is 20.5. The summed E-state index contributed by atoms with van der Waals surface area (Å²) in [7, 11) is 0. The number of nitrogens with zero attached hydrogens (tertiary/aromatic N) is 2. The summed E-state index contributed by atoms with van der Waals surface area (Å²) in [5, 5.41) is 4.96. The van der Waals surface area contributed by atoms with Gasteiger partial charge in [-0.25, -0.2) is 0 Å². The summed E-state index contributed by atoms with van der Waals surface area (Å²) in [6.07, 6.45) is 2.00. The molecular formula is C26H31Cl4N3O4. The highest BCUT2D eigenvalue weighted by molar-refractivity contribution is 6.36. The van der Waals surface area contributed by atoms with E-state index in [-0.39, 0.29) is 11.8 Å². The van der Waals surface area contributed by atoms with E-state index < -0.39 is 0 Å². The molecule has 1 heterocycles. The van der Waals surface area contributed by atoms with Crippen molar-refractivity contribution in [3.8, 4) is 11.5 Å². The predicted octanol–water partition coefficient (Wildman–Crippen LogP) is 5.58. The third kappa shape index (κ3) is 10.4. The Labute approximate surface area is 237 Å². The Morgan fingerprint density at radius 3 is 1.86 bits per heavy atom. The maximum atomic E-state index is 12.5. The van der Waals surface area contributed by atoms with Crippen LogP contribution in [0.2, 0.25) is 20.1 Å². The van der Waals surface area contributed by atoms with Gasteiger partial charge in [0.2, 0.25) is 11.8 Å². The third-order valence-corrected chi connectivity index (χ3v) is 6.92. The molecule has 37 heavy (non-hydrogen) atoms. The molecule has 3 rings (SSSR count). The largest absolute Gasteiger partial charge is 0.492 e. The summed E-state index contributed by atoms with van der Waals surface area (Å²) >= 11 is 23.9. The number of piperazine rings is 1. The van der Waals surface area contributed by atoms with Crippen LogP contribution in [-0.2, 0) is 9.59 Å². The summed E-state index contributed by atoms with van der Waals surface area (Å²) in [5.74, 6) is 1.23. The molecule has 0 bridgehead atoms. The van der Waals surface area contributed by atoms with E-state index in [1.807, 2.05) is 4.90 Å². The zero-order valence-corrected chi connectivity index (χ0v) is 23.5. The fourth-order valence-corrected chi connectivity index (χ4v) is 4.75. The van der Waals surface area contributed by atoms with Crippen LogP contribution in [0.1, 0.15) is 25.7 Å². The van der Waals surface area contributed by atoms with E-state index in [4.69, 9.17) is 55.9 Å². The van der Waals surface area contributed by atoms with Gasteiger partial charge in [-0.05, 0) is 49.2 Å². The zero-order chi connectivity index (χ0) is 26.6. The highest BCUT2D eigenvalue weighted by Crippen LogP contribution is 2.28. The summed E-state index contributed by atoms with van der Waals surface area (Å²) < 4.78 is 11.3. The van der Waals surface area contributed by atoms with E-state index in [9.17, 15) is 9.59 Å². The molecule has 1 aliphatic heterocycles. The van der Waals surface area contributed by atoms with Crippen LogP contribution < -0.4 is 14.8 Å². The van der Waals surface area contributed by atoms with E-state index in [0.717, 1.165) is 19.6 Å². The maximum Gasteiger partial charge on any atom is 0.222 e. The molecule has 0 radical (unpaired) electrons. The fraction of sp³-hybridized carbons (Fsp3) is 0.462. The molecule has 0 aliphatic carbocycles. The summed E-state index contributed by atoms with van der Waals surface area (Å²) in [4.78, 5) is 28.7. The molecule has 0 saturated carbocycles. The van der Waals surface area contributed by atoms with Crippen LogP contribution in [0.25, 0.3) is 0 Å². The number of carbonyl (C=O) groups excluding carboxylic acids is 2. The van der Waals surface area contributed by atoms with E-state index in [1.165, 1.54) is 0 Å². The monoisotopic (exact) mass is 589 g/mol. The van der Waals surface area contributed by atoms with Crippen molar-refractivity contribution in [3.05, 3.63) is 56.5 Å². The molecule has 0 atom stereocenters. The summed E-state index contributed by atoms with van der Waals surface area (Å²) in [6, 6.07) is 10.1. The molecule has 0 aromatic heterocycles. The molecule has 7 nitrogen and oxygen atoms in total. The average molecular weight is 591 g/mol. The smallest absolute Gasteiger partial charge is 0.222 e. The van der Waals surface area contributed by atoms with Crippen molar-refractivity contribution < 1.29 is 19.1 Å². The van der Waals surface area contributed by atoms with Gasteiger partial charge in [-0.2, -0.15) is 0 Å². The van der Waals surface area contributed by atoms with Gasteiger partial charge in [-0.3, -0.25) is 14.5 Å². The first-order valence-corrected chi connectivity index (χ1v) is 13.8. The summed E-state index contributed by atoms with van der Waals surface area (Å²) in [6.45, 7) is 5.06. The van der Waals surface area contributed by atoms with Crippen LogP contribution in [0.15, 0.2) is 36.4 Å². The molecule has 1 fully saturated rings. The Morgan fingerprint density at radius 2 is 1.32 bits per heavy atom. The van der Waals surface area contributed by atoms with Crippen LogP contribution in [0.4, 0.5) is 0 Å². The van der Waals surface area contributed by atoms with E-state index in [1.54, 1.807) is 36.4 Å². The first-order valence-electron chi connectivity index (χ1n) is 12.2. The molecule has 1 saturated heterocycles. The van der Waals surface area contributed by atoms with Gasteiger partial charge in [-0.1, -0.05) is 46.4 Å². The van der Waals surface area contributed by atoms with Crippen LogP contribution in [0.5, 0.6) is 11.5 Å². The molecule has 0 unspecified atom stereocenters. The summed E-state index contributed by atoms with van der Waals surface area (Å²) in [5.41, 5.74) is 0. The Hall–Kier alpha value is -1.90. The van der Waals surface area contributed by atoms with Gasteiger partial charge < -0.3 is 19.7 Å². The molecule has 2 aromatic rings. The minimum Gasteiger partial charge on any atom is -0.492 e. The fourth-order valence-electron chi connectivity index (χ4n) is 3.83. The molecule has 1 N–H and O–H groups in total. The number of nitrogens with one attached hydrogen (secondary N) is 1. The Kier molecular flexibility index (Phi) is 12.4. The van der Waals surface area contributed by atoms with Gasteiger partial charge >= 0.3 is 0 Å². The molecule has 202 valence electrons. The maximum absolute atomic E-state index is 12.5. The van der Waals surface area contributed by atoms with Crippen LogP contribution in [0.3, 0.4) is 0 Å². The minimum atomic E-state index is -0.0123. The van der Waals surface area contributed by atoms with E-state index in [2.05, 4.69) is 10.2 Å². The number of amides is 2. The molecule has 2 aromatic carbocycles. The van der Waals surface area contributed by atoms with Crippen molar-refractivity contribution >= 4 is 58.2 Å². The second-order valence-corrected chi connectivity index (χ2v) is 10.3. The lowest BCUT2D eigenvalue weighted by Gasteiger charge is -2.34. The first-order chi connectivity index (χ1) is 17.8. The molecule has 1 aliphatic rings. The second kappa shape index (κ2) is 15.5. The topological polar surface area (TPSA) is 71.1 Å². The lowest BCUT2D eigenvalue weighted by molar-refractivity contribution is -0.133. The average Bonchev–Trinajstić information content (AvgIpc) is 2.87. The Morgan fingerprint density at radius 1 is 0.784 bits per heavy atom. The number of benzene rings is 2. The van der Waals surface area contributed by atoms with Gasteiger partial charge in [0.05, 0.1) is 23.3 Å². The quantitative estimate of drug-likeness (QED) is 0.308. The number of halogens is 4. The lowest BCUT2D eigenvalue weighted by atomic mass is 10.2. The third-order valence-electron chi connectivity index (χ3n) is 5.86. The minimum absolute atomic E-state index is 0.0123. The van der Waals surface area contributed by atoms with Crippen molar-refractivity contribution in [1.82, 2.24) is 15.1 Å². The predicted molar refractivity (Wildman–Crippen MR) is 148 cm³/mol. The second-order valence-electron chi connectivity index (χ2n) is 8.63. The van der Waals surface area contributed by atoms with Crippen molar-refractivity contribution in [2.45, 2.75) is 25.7 Å². The molecule has 11 heteroatoms. The van der Waals surface area contributed by atoms with Crippen molar-refractivity contribution in [3.63, 3.8) is 0 Å². The SMILES string of the molecule is O=C(CCCOc1ccc(Cl)cc1Cl)NCCN1CCN(C(=O)CCCOc2ccc(Cl)cc2Cl)CC1. The van der Waals surface area contributed by atoms with E-state index in [0.29, 0.717) is 90.1 Å². The Balaban J connectivity index is 1.21. The number of rotatable bonds is 13. The van der Waals surface area contributed by atoms with Crippen molar-refractivity contribution in [2.24, 2.45) is 0 Å². The lowest BCUT2D eigenvalue weighted by Crippen LogP contribution is -2.50. The van der Waals surface area contributed by atoms with Gasteiger partial charge in [0.1, 0.15) is 11.5 Å². The highest BCUT2D eigenvalue weighted by Gasteiger charge is 2.20. The van der Waals surface area contributed by atoms with E-state index >= 15 is 0 Å². The van der Waals surface area contributed by atoms with Gasteiger partial charge in [-0.15, -0.1) is 0 Å². The number of hydrogen-bond donors (Lipinski definition) is 1. The van der Waals surface area contributed by atoms with Crippen LogP contribution in [-0.4, -0.2) is 74.1 Å². The molecule has 0 spiro atoms. The van der Waals surface area contributed by atoms with Crippen molar-refractivity contribution in [1.29, 1.82) is 0 Å². The Bertz CT molecular complexity index is 1050. The number of ether oxygens (including phenoxy) is 2. The van der Waals surface area contributed by atoms with Gasteiger partial charge in [0.25, 0.3) is 0 Å². The highest BCUT2D eigenvalue weighted by atomic mass is 35.5. The van der Waals surface area contributed by atoms with Crippen LogP contribution >= 0.6 is 46.4 Å². The van der Waals surface area contributed by atoms with Crippen molar-refractivity contribution in [2.75, 3.05) is 52.5 Å². The number of hydrogen-bond acceptors (Lipinski definition) is 5. The van der Waals surface area contributed by atoms with Gasteiger partial charge in [0.15, 0.2) is 0 Å².